The lowest BCUT2D eigenvalue weighted by molar-refractivity contribution is 0.111. The minimum atomic E-state index is -2.92. The largest absolute Gasteiger partial charge is 0.296 e. The summed E-state index contributed by atoms with van der Waals surface area (Å²) >= 11 is 0. The molecule has 0 aliphatic carbocycles. The summed E-state index contributed by atoms with van der Waals surface area (Å²) in [6.45, 7) is 0. The van der Waals surface area contributed by atoms with Gasteiger partial charge < -0.3 is 0 Å². The second-order valence-corrected chi connectivity index (χ2v) is 2.02. The van der Waals surface area contributed by atoms with Crippen LogP contribution >= 0.6 is 0 Å². The summed E-state index contributed by atoms with van der Waals surface area (Å²) in [4.78, 5) is 13.3. The SMILES string of the molecule is O=Cc1nccc(C(F)F)c1F. The van der Waals surface area contributed by atoms with E-state index in [0.29, 0.717) is 0 Å². The van der Waals surface area contributed by atoms with Crippen molar-refractivity contribution >= 4 is 6.29 Å². The molecule has 5 heteroatoms. The van der Waals surface area contributed by atoms with Gasteiger partial charge in [-0.1, -0.05) is 0 Å². The molecule has 1 aromatic heterocycles. The van der Waals surface area contributed by atoms with E-state index in [0.717, 1.165) is 12.3 Å². The van der Waals surface area contributed by atoms with Crippen LogP contribution in [0.3, 0.4) is 0 Å². The van der Waals surface area contributed by atoms with Gasteiger partial charge >= 0.3 is 0 Å². The number of hydrogen-bond donors (Lipinski definition) is 0. The molecular weight excluding hydrogens is 171 g/mol. The quantitative estimate of drug-likeness (QED) is 0.643. The fourth-order valence-electron chi connectivity index (χ4n) is 0.726. The zero-order chi connectivity index (χ0) is 9.14. The Morgan fingerprint density at radius 3 is 2.67 bits per heavy atom. The summed E-state index contributed by atoms with van der Waals surface area (Å²) in [6, 6.07) is 0.840. The molecule has 1 rings (SSSR count). The van der Waals surface area contributed by atoms with Crippen LogP contribution in [0.2, 0.25) is 0 Å². The highest BCUT2D eigenvalue weighted by molar-refractivity contribution is 5.72. The van der Waals surface area contributed by atoms with Crippen molar-refractivity contribution in [2.45, 2.75) is 6.43 Å². The second-order valence-electron chi connectivity index (χ2n) is 2.02. The van der Waals surface area contributed by atoms with E-state index in [9.17, 15) is 18.0 Å². The first-order valence-electron chi connectivity index (χ1n) is 3.04. The molecule has 0 unspecified atom stereocenters. The molecule has 1 heterocycles. The molecular formula is C7H4F3NO. The molecule has 0 aliphatic rings. The van der Waals surface area contributed by atoms with Gasteiger partial charge in [-0.2, -0.15) is 0 Å². The third kappa shape index (κ3) is 1.44. The number of rotatable bonds is 2. The van der Waals surface area contributed by atoms with Gasteiger partial charge in [0.1, 0.15) is 5.69 Å². The van der Waals surface area contributed by atoms with Crippen molar-refractivity contribution in [3.05, 3.63) is 29.3 Å². The van der Waals surface area contributed by atoms with Crippen LogP contribution in [0.15, 0.2) is 12.3 Å². The summed E-state index contributed by atoms with van der Waals surface area (Å²) in [5.74, 6) is -1.25. The Bertz CT molecular complexity index is 301. The Balaban J connectivity index is 3.22. The first kappa shape index (κ1) is 8.70. The van der Waals surface area contributed by atoms with Crippen molar-refractivity contribution in [3.63, 3.8) is 0 Å². The van der Waals surface area contributed by atoms with Crippen molar-refractivity contribution < 1.29 is 18.0 Å². The predicted molar refractivity (Wildman–Crippen MR) is 34.5 cm³/mol. The van der Waals surface area contributed by atoms with Crippen molar-refractivity contribution in [1.29, 1.82) is 0 Å². The standard InChI is InChI=1S/C7H4F3NO/c8-6-4(7(9)10)1-2-11-5(6)3-12/h1-3,7H. The molecule has 0 radical (unpaired) electrons. The van der Waals surface area contributed by atoms with Gasteiger partial charge in [-0.3, -0.25) is 9.78 Å². The molecule has 64 valence electrons. The van der Waals surface area contributed by atoms with E-state index in [2.05, 4.69) is 4.98 Å². The molecule has 0 saturated carbocycles. The van der Waals surface area contributed by atoms with E-state index in [1.165, 1.54) is 0 Å². The second kappa shape index (κ2) is 3.34. The van der Waals surface area contributed by atoms with Gasteiger partial charge in [0.05, 0.1) is 5.56 Å². The Morgan fingerprint density at radius 1 is 1.50 bits per heavy atom. The average molecular weight is 175 g/mol. The minimum absolute atomic E-state index is 0.0984. The molecule has 0 atom stereocenters. The third-order valence-electron chi connectivity index (χ3n) is 1.29. The topological polar surface area (TPSA) is 30.0 Å². The minimum Gasteiger partial charge on any atom is -0.296 e. The molecule has 0 amide bonds. The monoisotopic (exact) mass is 175 g/mol. The summed E-state index contributed by atoms with van der Waals surface area (Å²) < 4.78 is 36.7. The normalized spacial score (nSPS) is 10.3. The van der Waals surface area contributed by atoms with Crippen LogP contribution in [0.4, 0.5) is 13.2 Å². The fraction of sp³-hybridized carbons (Fsp3) is 0.143. The molecule has 2 nitrogen and oxygen atoms in total. The fourth-order valence-corrected chi connectivity index (χ4v) is 0.726. The number of hydrogen-bond acceptors (Lipinski definition) is 2. The lowest BCUT2D eigenvalue weighted by Gasteiger charge is -2.01. The third-order valence-corrected chi connectivity index (χ3v) is 1.29. The maximum Gasteiger partial charge on any atom is 0.266 e. The van der Waals surface area contributed by atoms with Crippen LogP contribution in [0.25, 0.3) is 0 Å². The van der Waals surface area contributed by atoms with E-state index in [1.54, 1.807) is 0 Å². The molecule has 0 saturated heterocycles. The van der Waals surface area contributed by atoms with Crippen molar-refractivity contribution in [3.8, 4) is 0 Å². The van der Waals surface area contributed by atoms with E-state index >= 15 is 0 Å². The van der Waals surface area contributed by atoms with E-state index in [1.807, 2.05) is 0 Å². The van der Waals surface area contributed by atoms with Crippen LogP contribution in [-0.2, 0) is 0 Å². The van der Waals surface area contributed by atoms with E-state index < -0.39 is 23.5 Å². The highest BCUT2D eigenvalue weighted by Crippen LogP contribution is 2.21. The van der Waals surface area contributed by atoms with Gasteiger partial charge in [0.15, 0.2) is 12.1 Å². The Labute approximate surface area is 66.0 Å². The van der Waals surface area contributed by atoms with Crippen molar-refractivity contribution in [1.82, 2.24) is 4.98 Å². The number of nitrogens with zero attached hydrogens (tertiary/aromatic N) is 1. The zero-order valence-corrected chi connectivity index (χ0v) is 5.80. The maximum atomic E-state index is 12.7. The van der Waals surface area contributed by atoms with E-state index in [4.69, 9.17) is 0 Å². The summed E-state index contributed by atoms with van der Waals surface area (Å²) in [5.41, 5.74) is -1.39. The smallest absolute Gasteiger partial charge is 0.266 e. The number of carbonyl (C=O) groups is 1. The number of pyridine rings is 1. The zero-order valence-electron chi connectivity index (χ0n) is 5.80. The van der Waals surface area contributed by atoms with Crippen LogP contribution in [0.1, 0.15) is 22.5 Å². The lowest BCUT2D eigenvalue weighted by Crippen LogP contribution is -1.98. The Morgan fingerprint density at radius 2 is 2.17 bits per heavy atom. The molecule has 0 N–H and O–H groups in total. The van der Waals surface area contributed by atoms with Crippen molar-refractivity contribution in [2.75, 3.05) is 0 Å². The predicted octanol–water partition coefficient (Wildman–Crippen LogP) is 1.97. The Kier molecular flexibility index (Phi) is 2.42. The van der Waals surface area contributed by atoms with Crippen LogP contribution in [-0.4, -0.2) is 11.3 Å². The first-order valence-corrected chi connectivity index (χ1v) is 3.04. The van der Waals surface area contributed by atoms with E-state index in [-0.39, 0.29) is 6.29 Å². The van der Waals surface area contributed by atoms with Crippen LogP contribution < -0.4 is 0 Å². The highest BCUT2D eigenvalue weighted by Gasteiger charge is 2.16. The summed E-state index contributed by atoms with van der Waals surface area (Å²) in [5, 5.41) is 0. The lowest BCUT2D eigenvalue weighted by atomic mass is 10.2. The van der Waals surface area contributed by atoms with Crippen LogP contribution in [0, 0.1) is 5.82 Å². The van der Waals surface area contributed by atoms with Gasteiger partial charge in [-0.05, 0) is 6.07 Å². The number of aromatic nitrogens is 1. The number of halogens is 3. The highest BCUT2D eigenvalue weighted by atomic mass is 19.3. The molecule has 0 aromatic carbocycles. The molecule has 1 aromatic rings. The number of carbonyl (C=O) groups excluding carboxylic acids is 1. The van der Waals surface area contributed by atoms with Gasteiger partial charge in [-0.25, -0.2) is 13.2 Å². The maximum absolute atomic E-state index is 12.7. The van der Waals surface area contributed by atoms with Crippen molar-refractivity contribution in [2.24, 2.45) is 0 Å². The summed E-state index contributed by atoms with van der Waals surface area (Å²) in [6.07, 6.45) is -1.86. The van der Waals surface area contributed by atoms with Gasteiger partial charge in [0, 0.05) is 6.20 Å². The number of alkyl halides is 2. The van der Waals surface area contributed by atoms with Crippen LogP contribution in [0.5, 0.6) is 0 Å². The van der Waals surface area contributed by atoms with Gasteiger partial charge in [0.2, 0.25) is 0 Å². The van der Waals surface area contributed by atoms with Gasteiger partial charge in [0.25, 0.3) is 6.43 Å². The Hall–Kier alpha value is -1.39. The molecule has 0 aliphatic heterocycles. The molecule has 0 bridgehead atoms. The molecule has 0 fully saturated rings. The molecule has 0 spiro atoms. The summed E-state index contributed by atoms with van der Waals surface area (Å²) in [7, 11) is 0. The molecule has 12 heavy (non-hydrogen) atoms. The average Bonchev–Trinajstić information content (AvgIpc) is 2.04. The first-order chi connectivity index (χ1) is 5.66. The van der Waals surface area contributed by atoms with Gasteiger partial charge in [-0.15, -0.1) is 0 Å². The number of aldehydes is 1.